The fourth-order valence-electron chi connectivity index (χ4n) is 5.30. The summed E-state index contributed by atoms with van der Waals surface area (Å²) >= 11 is 0. The van der Waals surface area contributed by atoms with Crippen LogP contribution in [0, 0.1) is 17.8 Å². The molecule has 0 spiro atoms. The third-order valence-corrected chi connectivity index (χ3v) is 6.85. The van der Waals surface area contributed by atoms with Crippen molar-refractivity contribution in [2.45, 2.75) is 59.4 Å². The quantitative estimate of drug-likeness (QED) is 0.630. The molecule has 7 heteroatoms. The largest absolute Gasteiger partial charge is 0.462 e. The summed E-state index contributed by atoms with van der Waals surface area (Å²) in [6.07, 6.45) is 3.50. The van der Waals surface area contributed by atoms with E-state index in [1.54, 1.807) is 31.2 Å². The van der Waals surface area contributed by atoms with Crippen LogP contribution in [0.25, 0.3) is 0 Å². The Bertz CT molecular complexity index is 807. The lowest BCUT2D eigenvalue weighted by Crippen LogP contribution is -2.51. The number of rotatable bonds is 7. The number of likely N-dealkylation sites (tertiary alicyclic amines) is 2. The summed E-state index contributed by atoms with van der Waals surface area (Å²) in [5.74, 6) is 1.08. The van der Waals surface area contributed by atoms with Gasteiger partial charge in [-0.3, -0.25) is 14.5 Å². The molecule has 7 nitrogen and oxygen atoms in total. The van der Waals surface area contributed by atoms with Crippen molar-refractivity contribution in [2.24, 2.45) is 17.8 Å². The van der Waals surface area contributed by atoms with E-state index < -0.39 is 0 Å². The van der Waals surface area contributed by atoms with E-state index in [0.717, 1.165) is 39.0 Å². The van der Waals surface area contributed by atoms with Crippen LogP contribution in [-0.2, 0) is 14.3 Å². The molecule has 3 rings (SSSR count). The van der Waals surface area contributed by atoms with Crippen LogP contribution in [0.5, 0.6) is 0 Å². The third kappa shape index (κ3) is 6.56. The molecular formula is C26H39N3O4. The highest BCUT2D eigenvalue weighted by Gasteiger charge is 2.35. The molecule has 2 aliphatic heterocycles. The predicted molar refractivity (Wildman–Crippen MR) is 129 cm³/mol. The number of ether oxygens (including phenoxy) is 1. The average Bonchev–Trinajstić information content (AvgIpc) is 2.79. The van der Waals surface area contributed by atoms with Crippen molar-refractivity contribution in [3.05, 3.63) is 29.8 Å². The Kier molecular flexibility index (Phi) is 8.89. The standard InChI is InChI=1S/C26H39N3O4/c1-5-23(24(30)27-22-9-7-21(8-10-22)26(32)33-6-2)28-13-11-20(12-14-28)25(31)29-16-18(3)15-19(4)17-29/h7-10,18-20,23H,5-6,11-17H2,1-4H3,(H,27,30)/t18-,19-,23+/m1/s1. The van der Waals surface area contributed by atoms with E-state index in [9.17, 15) is 14.4 Å². The molecule has 0 radical (unpaired) electrons. The Labute approximate surface area is 197 Å². The van der Waals surface area contributed by atoms with Crippen LogP contribution < -0.4 is 5.32 Å². The predicted octanol–water partition coefficient (Wildman–Crippen LogP) is 3.80. The minimum atomic E-state index is -0.368. The minimum Gasteiger partial charge on any atom is -0.462 e. The molecule has 2 saturated heterocycles. The van der Waals surface area contributed by atoms with Gasteiger partial charge in [-0.1, -0.05) is 20.8 Å². The first kappa shape index (κ1) is 25.2. The number of esters is 1. The monoisotopic (exact) mass is 457 g/mol. The highest BCUT2D eigenvalue weighted by atomic mass is 16.5. The maximum Gasteiger partial charge on any atom is 0.338 e. The van der Waals surface area contributed by atoms with Crippen molar-refractivity contribution in [1.82, 2.24) is 9.80 Å². The van der Waals surface area contributed by atoms with Gasteiger partial charge in [-0.25, -0.2) is 4.79 Å². The first-order valence-electron chi connectivity index (χ1n) is 12.4. The van der Waals surface area contributed by atoms with Crippen LogP contribution >= 0.6 is 0 Å². The highest BCUT2D eigenvalue weighted by Crippen LogP contribution is 2.27. The van der Waals surface area contributed by atoms with Gasteiger partial charge in [0.25, 0.3) is 0 Å². The number of carbonyl (C=O) groups is 3. The van der Waals surface area contributed by atoms with Gasteiger partial charge in [0.1, 0.15) is 0 Å². The van der Waals surface area contributed by atoms with Crippen LogP contribution in [0.2, 0.25) is 0 Å². The number of carbonyl (C=O) groups excluding carboxylic acids is 3. The molecule has 0 saturated carbocycles. The van der Waals surface area contributed by atoms with E-state index in [4.69, 9.17) is 4.74 Å². The number of amides is 2. The third-order valence-electron chi connectivity index (χ3n) is 6.85. The summed E-state index contributed by atoms with van der Waals surface area (Å²) in [4.78, 5) is 42.1. The SMILES string of the molecule is CCOC(=O)c1ccc(NC(=O)[C@H](CC)N2CCC(C(=O)N3C[C@H](C)C[C@@H](C)C3)CC2)cc1. The van der Waals surface area contributed by atoms with Gasteiger partial charge < -0.3 is 15.0 Å². The van der Waals surface area contributed by atoms with E-state index >= 15 is 0 Å². The molecule has 0 unspecified atom stereocenters. The Morgan fingerprint density at radius 1 is 1.03 bits per heavy atom. The fourth-order valence-corrected chi connectivity index (χ4v) is 5.30. The van der Waals surface area contributed by atoms with Crippen molar-refractivity contribution >= 4 is 23.5 Å². The molecule has 1 N–H and O–H groups in total. The highest BCUT2D eigenvalue weighted by molar-refractivity contribution is 5.96. The van der Waals surface area contributed by atoms with Crippen LogP contribution in [0.15, 0.2) is 24.3 Å². The topological polar surface area (TPSA) is 79.0 Å². The molecule has 0 aliphatic carbocycles. The molecule has 1 aromatic rings. The average molecular weight is 458 g/mol. The van der Waals surface area contributed by atoms with Crippen LogP contribution in [0.1, 0.15) is 63.7 Å². The summed E-state index contributed by atoms with van der Waals surface area (Å²) < 4.78 is 5.00. The lowest BCUT2D eigenvalue weighted by atomic mass is 9.88. The Morgan fingerprint density at radius 2 is 1.64 bits per heavy atom. The van der Waals surface area contributed by atoms with Crippen LogP contribution in [0.4, 0.5) is 5.69 Å². The van der Waals surface area contributed by atoms with Crippen LogP contribution in [0.3, 0.4) is 0 Å². The van der Waals surface area contributed by atoms with Gasteiger partial charge in [-0.05, 0) is 81.8 Å². The van der Waals surface area contributed by atoms with E-state index in [-0.39, 0.29) is 23.8 Å². The first-order valence-corrected chi connectivity index (χ1v) is 12.4. The van der Waals surface area contributed by atoms with Crippen molar-refractivity contribution in [1.29, 1.82) is 0 Å². The maximum atomic E-state index is 13.1. The Hall–Kier alpha value is -2.41. The normalized spacial score (nSPS) is 23.1. The van der Waals surface area contributed by atoms with Gasteiger partial charge in [0.05, 0.1) is 18.2 Å². The van der Waals surface area contributed by atoms with Gasteiger partial charge in [0.15, 0.2) is 0 Å². The molecule has 2 amide bonds. The molecule has 2 fully saturated rings. The summed E-state index contributed by atoms with van der Waals surface area (Å²) in [6, 6.07) is 6.54. The smallest absolute Gasteiger partial charge is 0.338 e. The van der Waals surface area contributed by atoms with Gasteiger partial charge in [-0.15, -0.1) is 0 Å². The number of hydrogen-bond donors (Lipinski definition) is 1. The van der Waals surface area contributed by atoms with E-state index in [2.05, 4.69) is 29.0 Å². The second kappa shape index (κ2) is 11.6. The maximum absolute atomic E-state index is 13.1. The molecule has 0 bridgehead atoms. The number of piperidine rings is 2. The van der Waals surface area contributed by atoms with E-state index in [0.29, 0.717) is 42.0 Å². The lowest BCUT2D eigenvalue weighted by molar-refractivity contribution is -0.140. The molecule has 2 aliphatic rings. The first-order chi connectivity index (χ1) is 15.8. The van der Waals surface area contributed by atoms with Gasteiger partial charge in [-0.2, -0.15) is 0 Å². The van der Waals surface area contributed by atoms with Gasteiger partial charge >= 0.3 is 5.97 Å². The van der Waals surface area contributed by atoms with Crippen molar-refractivity contribution in [2.75, 3.05) is 38.1 Å². The van der Waals surface area contributed by atoms with E-state index in [1.807, 2.05) is 6.92 Å². The molecule has 1 aromatic carbocycles. The number of nitrogens with one attached hydrogen (secondary N) is 1. The minimum absolute atomic E-state index is 0.0511. The molecule has 2 heterocycles. The summed E-state index contributed by atoms with van der Waals surface area (Å²) in [6.45, 7) is 11.8. The number of benzene rings is 1. The molecule has 33 heavy (non-hydrogen) atoms. The Balaban J connectivity index is 1.52. The summed E-state index contributed by atoms with van der Waals surface area (Å²) in [7, 11) is 0. The van der Waals surface area contributed by atoms with Gasteiger partial charge in [0, 0.05) is 24.7 Å². The van der Waals surface area contributed by atoms with Crippen LogP contribution in [-0.4, -0.2) is 66.4 Å². The second-order valence-electron chi connectivity index (χ2n) is 9.71. The Morgan fingerprint density at radius 3 is 2.18 bits per heavy atom. The molecule has 0 aromatic heterocycles. The molecule has 3 atom stereocenters. The second-order valence-corrected chi connectivity index (χ2v) is 9.71. The zero-order valence-corrected chi connectivity index (χ0v) is 20.5. The van der Waals surface area contributed by atoms with Crippen molar-refractivity contribution in [3.8, 4) is 0 Å². The van der Waals surface area contributed by atoms with E-state index in [1.165, 1.54) is 6.42 Å². The number of hydrogen-bond acceptors (Lipinski definition) is 5. The summed E-state index contributed by atoms with van der Waals surface area (Å²) in [5, 5.41) is 2.98. The number of anilines is 1. The molecule has 182 valence electrons. The van der Waals surface area contributed by atoms with Crippen molar-refractivity contribution < 1.29 is 19.1 Å². The van der Waals surface area contributed by atoms with Gasteiger partial charge in [0.2, 0.25) is 11.8 Å². The number of nitrogens with zero attached hydrogens (tertiary/aromatic N) is 2. The fraction of sp³-hybridized carbons (Fsp3) is 0.654. The zero-order valence-electron chi connectivity index (χ0n) is 20.5. The molecular weight excluding hydrogens is 418 g/mol. The van der Waals surface area contributed by atoms with Crippen molar-refractivity contribution in [3.63, 3.8) is 0 Å². The lowest BCUT2D eigenvalue weighted by Gasteiger charge is -2.40. The zero-order chi connectivity index (χ0) is 24.0. The summed E-state index contributed by atoms with van der Waals surface area (Å²) in [5.41, 5.74) is 1.12.